The molecule has 5 aromatic carbocycles. The Morgan fingerprint density at radius 2 is 0.980 bits per heavy atom. The van der Waals surface area contributed by atoms with Gasteiger partial charge in [0.25, 0.3) is 10.1 Å². The van der Waals surface area contributed by atoms with E-state index in [1.807, 2.05) is 13.0 Å². The summed E-state index contributed by atoms with van der Waals surface area (Å²) in [7, 11) is -11.4. The first-order chi connectivity index (χ1) is 23.8. The van der Waals surface area contributed by atoms with Crippen LogP contribution in [-0.4, -0.2) is 31.4 Å². The van der Waals surface area contributed by atoms with Crippen LogP contribution in [0, 0.1) is 13.8 Å². The van der Waals surface area contributed by atoms with Crippen molar-refractivity contribution < 1.29 is 34.2 Å². The fourth-order valence-corrected chi connectivity index (χ4v) is 9.87. The van der Waals surface area contributed by atoms with Crippen LogP contribution in [0.4, 0.5) is 0 Å². The van der Waals surface area contributed by atoms with Crippen LogP contribution in [0.1, 0.15) is 54.4 Å². The summed E-state index contributed by atoms with van der Waals surface area (Å²) >= 11 is 0. The topological polar surface area (TPSA) is 121 Å². The van der Waals surface area contributed by atoms with Crippen LogP contribution >= 0.6 is 0 Å². The van der Waals surface area contributed by atoms with Crippen molar-refractivity contribution >= 4 is 29.8 Å². The van der Waals surface area contributed by atoms with Crippen LogP contribution in [-0.2, 0) is 40.4 Å². The molecular weight excluding hydrogens is 693 g/mol. The first-order valence-corrected chi connectivity index (χ1v) is 20.8. The average Bonchev–Trinajstić information content (AvgIpc) is 3.10. The zero-order valence-electron chi connectivity index (χ0n) is 27.8. The molecule has 0 radical (unpaired) electrons. The minimum absolute atomic E-state index is 0.0866. The highest BCUT2D eigenvalue weighted by Gasteiger charge is 2.25. The lowest BCUT2D eigenvalue weighted by Gasteiger charge is -2.22. The lowest BCUT2D eigenvalue weighted by molar-refractivity contribution is 0.162. The molecule has 260 valence electrons. The molecule has 1 aliphatic rings. The van der Waals surface area contributed by atoms with Gasteiger partial charge in [-0.2, -0.15) is 8.42 Å². The highest BCUT2D eigenvalue weighted by molar-refractivity contribution is 7.91. The SMILES string of the molecule is Cc1ccc(S(=O)(=O)c2ccc(Oc3ccc(S(=O)(=O)c4ccc(Cc5ccc(C)c(S(=O)(=O)OC6CCCCC6)c5)cc4)cc3)cc2)cc1. The summed E-state index contributed by atoms with van der Waals surface area (Å²) in [5.74, 6) is 0.783. The highest BCUT2D eigenvalue weighted by Crippen LogP contribution is 2.30. The number of rotatable bonds is 11. The van der Waals surface area contributed by atoms with Crippen molar-refractivity contribution in [2.45, 2.75) is 83.0 Å². The van der Waals surface area contributed by atoms with Crippen molar-refractivity contribution in [3.05, 3.63) is 138 Å². The monoisotopic (exact) mass is 730 g/mol. The van der Waals surface area contributed by atoms with E-state index in [0.29, 0.717) is 23.5 Å². The molecule has 0 unspecified atom stereocenters. The van der Waals surface area contributed by atoms with Gasteiger partial charge in [-0.05, 0) is 129 Å². The molecule has 0 spiro atoms. The first-order valence-electron chi connectivity index (χ1n) is 16.4. The average molecular weight is 731 g/mol. The van der Waals surface area contributed by atoms with Crippen LogP contribution in [0.15, 0.2) is 140 Å². The number of ether oxygens (including phenoxy) is 1. The van der Waals surface area contributed by atoms with Crippen LogP contribution in [0.3, 0.4) is 0 Å². The van der Waals surface area contributed by atoms with E-state index < -0.39 is 29.8 Å². The maximum Gasteiger partial charge on any atom is 0.297 e. The third kappa shape index (κ3) is 8.02. The molecule has 5 aromatic rings. The van der Waals surface area contributed by atoms with Crippen molar-refractivity contribution in [2.75, 3.05) is 0 Å². The van der Waals surface area contributed by atoms with Gasteiger partial charge in [0.2, 0.25) is 19.7 Å². The molecule has 11 heteroatoms. The van der Waals surface area contributed by atoms with Gasteiger partial charge in [-0.1, -0.05) is 61.2 Å². The van der Waals surface area contributed by atoms with Crippen molar-refractivity contribution in [3.63, 3.8) is 0 Å². The van der Waals surface area contributed by atoms with Crippen LogP contribution in [0.25, 0.3) is 0 Å². The summed E-state index contributed by atoms with van der Waals surface area (Å²) in [5, 5.41) is 0. The molecule has 1 aliphatic carbocycles. The summed E-state index contributed by atoms with van der Waals surface area (Å²) in [4.78, 5) is 0.709. The van der Waals surface area contributed by atoms with Gasteiger partial charge in [0.05, 0.1) is 30.6 Å². The van der Waals surface area contributed by atoms with Crippen molar-refractivity contribution in [1.29, 1.82) is 0 Å². The summed E-state index contributed by atoms with van der Waals surface area (Å²) in [6, 6.07) is 30.5. The Hall–Kier alpha value is -4.29. The van der Waals surface area contributed by atoms with Gasteiger partial charge in [0.15, 0.2) is 0 Å². The van der Waals surface area contributed by atoms with E-state index in [9.17, 15) is 25.3 Å². The molecular formula is C39H38O8S3. The summed E-state index contributed by atoms with van der Waals surface area (Å²) in [5.41, 5.74) is 3.18. The Balaban J connectivity index is 1.10. The molecule has 0 aromatic heterocycles. The largest absolute Gasteiger partial charge is 0.457 e. The van der Waals surface area contributed by atoms with Gasteiger partial charge >= 0.3 is 0 Å². The predicted octanol–water partition coefficient (Wildman–Crippen LogP) is 8.39. The maximum atomic E-state index is 13.4. The standard InChI is InChI=1S/C39H38O8S3/c1-28-8-18-35(19-9-28)48(40,41)37-22-14-32(15-23-37)46-33-16-24-38(25-17-33)49(42,43)36-20-12-30(13-21-36)26-31-11-10-29(2)39(27-31)50(44,45)47-34-6-4-3-5-7-34/h8-25,27,34H,3-7,26H2,1-2H3. The van der Waals surface area contributed by atoms with Gasteiger partial charge in [-0.25, -0.2) is 16.8 Å². The number of hydrogen-bond donors (Lipinski definition) is 0. The molecule has 1 saturated carbocycles. The molecule has 0 N–H and O–H groups in total. The Labute approximate surface area is 294 Å². The molecule has 0 saturated heterocycles. The molecule has 1 fully saturated rings. The lowest BCUT2D eigenvalue weighted by Crippen LogP contribution is -2.21. The van der Waals surface area contributed by atoms with E-state index in [1.165, 1.54) is 24.3 Å². The summed E-state index contributed by atoms with van der Waals surface area (Å²) in [6.07, 6.45) is 4.64. The Bertz CT molecular complexity index is 2290. The molecule has 0 amide bonds. The molecule has 0 bridgehead atoms. The third-order valence-electron chi connectivity index (χ3n) is 8.81. The molecule has 0 aliphatic heterocycles. The van der Waals surface area contributed by atoms with E-state index in [2.05, 4.69) is 0 Å². The first kappa shape index (κ1) is 35.5. The fourth-order valence-electron chi connectivity index (χ4n) is 5.94. The zero-order valence-corrected chi connectivity index (χ0v) is 30.2. The van der Waals surface area contributed by atoms with E-state index in [0.717, 1.165) is 48.8 Å². The fraction of sp³-hybridized carbons (Fsp3) is 0.231. The van der Waals surface area contributed by atoms with Gasteiger partial charge in [-0.3, -0.25) is 4.18 Å². The summed E-state index contributed by atoms with van der Waals surface area (Å²) in [6.45, 7) is 3.64. The smallest absolute Gasteiger partial charge is 0.297 e. The second kappa shape index (κ2) is 14.5. The number of benzene rings is 5. The number of sulfone groups is 2. The Morgan fingerprint density at radius 1 is 0.540 bits per heavy atom. The minimum atomic E-state index is -3.91. The van der Waals surface area contributed by atoms with E-state index in [1.54, 1.807) is 91.9 Å². The van der Waals surface area contributed by atoms with Crippen LogP contribution in [0.5, 0.6) is 11.5 Å². The van der Waals surface area contributed by atoms with Crippen molar-refractivity contribution in [2.24, 2.45) is 0 Å². The van der Waals surface area contributed by atoms with Crippen LogP contribution in [0.2, 0.25) is 0 Å². The Morgan fingerprint density at radius 3 is 1.48 bits per heavy atom. The number of aryl methyl sites for hydroxylation is 2. The van der Waals surface area contributed by atoms with Gasteiger partial charge < -0.3 is 4.74 Å². The second-order valence-electron chi connectivity index (χ2n) is 12.6. The zero-order chi connectivity index (χ0) is 35.5. The molecule has 0 heterocycles. The predicted molar refractivity (Wildman–Crippen MR) is 191 cm³/mol. The molecule has 6 rings (SSSR count). The lowest BCUT2D eigenvalue weighted by atomic mass is 9.98. The highest BCUT2D eigenvalue weighted by atomic mass is 32.2. The molecule has 0 atom stereocenters. The van der Waals surface area contributed by atoms with E-state index in [4.69, 9.17) is 8.92 Å². The normalized spacial score (nSPS) is 14.4. The van der Waals surface area contributed by atoms with Crippen molar-refractivity contribution in [1.82, 2.24) is 0 Å². The van der Waals surface area contributed by atoms with Crippen molar-refractivity contribution in [3.8, 4) is 11.5 Å². The van der Waals surface area contributed by atoms with E-state index in [-0.39, 0.29) is 30.6 Å². The third-order valence-corrected chi connectivity index (χ3v) is 13.9. The van der Waals surface area contributed by atoms with Crippen LogP contribution < -0.4 is 4.74 Å². The molecule has 8 nitrogen and oxygen atoms in total. The second-order valence-corrected chi connectivity index (χ2v) is 18.0. The maximum absolute atomic E-state index is 13.4. The van der Waals surface area contributed by atoms with Gasteiger partial charge in [0, 0.05) is 0 Å². The number of hydrogen-bond acceptors (Lipinski definition) is 8. The molecule has 50 heavy (non-hydrogen) atoms. The quantitative estimate of drug-likeness (QED) is 0.124. The minimum Gasteiger partial charge on any atom is -0.457 e. The van der Waals surface area contributed by atoms with Gasteiger partial charge in [0.1, 0.15) is 11.5 Å². The van der Waals surface area contributed by atoms with Gasteiger partial charge in [-0.15, -0.1) is 0 Å². The summed E-state index contributed by atoms with van der Waals surface area (Å²) < 4.78 is 90.4. The van der Waals surface area contributed by atoms with E-state index >= 15 is 0 Å². The Kier molecular flexibility index (Phi) is 10.3.